The highest BCUT2D eigenvalue weighted by atomic mass is 16.5. The fourth-order valence-electron chi connectivity index (χ4n) is 5.57. The van der Waals surface area contributed by atoms with Gasteiger partial charge in [0.25, 0.3) is 0 Å². The molecule has 0 amide bonds. The number of fused-ring (bicyclic) bond motifs is 2. The third-order valence-corrected chi connectivity index (χ3v) is 7.43. The molecule has 3 aromatic carbocycles. The van der Waals surface area contributed by atoms with Crippen molar-refractivity contribution in [1.82, 2.24) is 0 Å². The lowest BCUT2D eigenvalue weighted by Gasteiger charge is -2.36. The second-order valence-corrected chi connectivity index (χ2v) is 10.0. The average Bonchev–Trinajstić information content (AvgIpc) is 2.90. The van der Waals surface area contributed by atoms with E-state index in [1.165, 1.54) is 0 Å². The Hall–Kier alpha value is -4.65. The molecule has 0 heterocycles. The van der Waals surface area contributed by atoms with Gasteiger partial charge in [-0.1, -0.05) is 57.5 Å². The molecule has 3 atom stereocenters. The molecule has 6 heteroatoms. The molecule has 0 unspecified atom stereocenters. The minimum atomic E-state index is -0.465. The van der Waals surface area contributed by atoms with Crippen molar-refractivity contribution in [3.63, 3.8) is 0 Å². The fraction of sp³-hybridized carbons (Fsp3) is 0.323. The Kier molecular flexibility index (Phi) is 7.25. The summed E-state index contributed by atoms with van der Waals surface area (Å²) in [5, 5.41) is 41.8. The molecule has 182 valence electrons. The summed E-state index contributed by atoms with van der Waals surface area (Å²) in [6.45, 7) is 6.47. The molecule has 1 saturated carbocycles. The first kappa shape index (κ1) is 25.4. The summed E-state index contributed by atoms with van der Waals surface area (Å²) in [6, 6.07) is 19.8. The summed E-state index contributed by atoms with van der Waals surface area (Å²) in [4.78, 5) is 13.4. The smallest absolute Gasteiger partial charge is 0.338 e. The SMILES string of the molecule is CC(C)[C@@H]1CC[C@@H](C)C[C@H]1OC(=O)c1ccc2c(=C(C#N)C#N)c3ccccc3c(=C(C#N)C#N)c2c1. The summed E-state index contributed by atoms with van der Waals surface area (Å²) in [5.74, 6) is 0.677. The molecular formula is C31H26N4O2. The topological polar surface area (TPSA) is 121 Å². The fourth-order valence-corrected chi connectivity index (χ4v) is 5.57. The standard InChI is InChI=1S/C31H26N4O2/c1-18(2)23-10-8-19(3)12-28(23)37-31(36)20-9-11-26-27(13-20)30(22(16-34)17-35)25-7-5-4-6-24(25)29(26)21(14-32)15-33/h4-7,9,11,13,18-19,23,28H,8,10,12H2,1-3H3/t19-,23+,28-/m1/s1. The minimum absolute atomic E-state index is 0.0884. The van der Waals surface area contributed by atoms with Crippen LogP contribution in [-0.2, 0) is 4.74 Å². The van der Waals surface area contributed by atoms with E-state index in [4.69, 9.17) is 4.74 Å². The van der Waals surface area contributed by atoms with Gasteiger partial charge in [-0.15, -0.1) is 0 Å². The maximum absolute atomic E-state index is 13.4. The van der Waals surface area contributed by atoms with Gasteiger partial charge in [-0.3, -0.25) is 0 Å². The molecule has 1 fully saturated rings. The predicted molar refractivity (Wildman–Crippen MR) is 141 cm³/mol. The van der Waals surface area contributed by atoms with Crippen molar-refractivity contribution >= 4 is 38.7 Å². The van der Waals surface area contributed by atoms with Crippen molar-refractivity contribution in [1.29, 1.82) is 21.0 Å². The zero-order valence-electron chi connectivity index (χ0n) is 21.1. The number of hydrogen-bond acceptors (Lipinski definition) is 6. The summed E-state index contributed by atoms with van der Waals surface area (Å²) in [5.41, 5.74) is 0.0885. The molecular weight excluding hydrogens is 460 g/mol. The van der Waals surface area contributed by atoms with Crippen molar-refractivity contribution in [2.24, 2.45) is 17.8 Å². The molecule has 3 aromatic rings. The molecule has 0 saturated heterocycles. The first-order valence-corrected chi connectivity index (χ1v) is 12.4. The van der Waals surface area contributed by atoms with Gasteiger partial charge in [0.15, 0.2) is 0 Å². The number of benzene rings is 3. The lowest BCUT2D eigenvalue weighted by atomic mass is 9.75. The largest absolute Gasteiger partial charge is 0.458 e. The van der Waals surface area contributed by atoms with Gasteiger partial charge >= 0.3 is 5.97 Å². The Labute approximate surface area is 215 Å². The van der Waals surface area contributed by atoms with Crippen LogP contribution in [0.4, 0.5) is 0 Å². The first-order chi connectivity index (χ1) is 17.8. The highest BCUT2D eigenvalue weighted by molar-refractivity contribution is 6.07. The van der Waals surface area contributed by atoms with E-state index < -0.39 is 5.97 Å². The van der Waals surface area contributed by atoms with Crippen LogP contribution in [-0.4, -0.2) is 12.1 Å². The van der Waals surface area contributed by atoms with E-state index in [2.05, 4.69) is 20.8 Å². The predicted octanol–water partition coefficient (Wildman–Crippen LogP) is 5.01. The number of esters is 1. The number of ether oxygens (including phenoxy) is 1. The number of carbonyl (C=O) groups excluding carboxylic acids is 1. The third-order valence-electron chi connectivity index (χ3n) is 7.43. The second-order valence-electron chi connectivity index (χ2n) is 10.0. The Bertz CT molecular complexity index is 1680. The molecule has 0 aliphatic heterocycles. The highest BCUT2D eigenvalue weighted by Gasteiger charge is 2.33. The minimum Gasteiger partial charge on any atom is -0.458 e. The van der Waals surface area contributed by atoms with E-state index in [0.29, 0.717) is 49.4 Å². The summed E-state index contributed by atoms with van der Waals surface area (Å²) in [6.07, 6.45) is 2.75. The number of hydrogen-bond donors (Lipinski definition) is 0. The lowest BCUT2D eigenvalue weighted by molar-refractivity contribution is -0.0173. The van der Waals surface area contributed by atoms with Gasteiger partial charge in [-0.2, -0.15) is 21.0 Å². The van der Waals surface area contributed by atoms with Crippen molar-refractivity contribution in [3.05, 3.63) is 58.5 Å². The van der Waals surface area contributed by atoms with E-state index in [1.54, 1.807) is 42.5 Å². The van der Waals surface area contributed by atoms with Gasteiger partial charge < -0.3 is 4.74 Å². The lowest BCUT2D eigenvalue weighted by Crippen LogP contribution is -2.35. The van der Waals surface area contributed by atoms with E-state index in [0.717, 1.165) is 19.3 Å². The van der Waals surface area contributed by atoms with Gasteiger partial charge in [-0.25, -0.2) is 4.79 Å². The van der Waals surface area contributed by atoms with Crippen molar-refractivity contribution in [3.8, 4) is 24.3 Å². The van der Waals surface area contributed by atoms with Crippen LogP contribution in [0.3, 0.4) is 0 Å². The van der Waals surface area contributed by atoms with Crippen LogP contribution < -0.4 is 10.4 Å². The van der Waals surface area contributed by atoms with E-state index >= 15 is 0 Å². The van der Waals surface area contributed by atoms with Crippen LogP contribution in [0.2, 0.25) is 0 Å². The summed E-state index contributed by atoms with van der Waals surface area (Å²) < 4.78 is 6.05. The zero-order valence-corrected chi connectivity index (χ0v) is 21.1. The third kappa shape index (κ3) is 4.63. The van der Waals surface area contributed by atoms with Gasteiger partial charge in [0.2, 0.25) is 0 Å². The van der Waals surface area contributed by atoms with Crippen LogP contribution in [0.5, 0.6) is 0 Å². The molecule has 0 N–H and O–H groups in total. The van der Waals surface area contributed by atoms with Crippen molar-refractivity contribution < 1.29 is 9.53 Å². The van der Waals surface area contributed by atoms with Gasteiger partial charge in [-0.05, 0) is 64.3 Å². The Balaban J connectivity index is 2.01. The zero-order chi connectivity index (χ0) is 26.7. The molecule has 0 radical (unpaired) electrons. The molecule has 1 aliphatic rings. The molecule has 37 heavy (non-hydrogen) atoms. The van der Waals surface area contributed by atoms with E-state index in [-0.39, 0.29) is 23.2 Å². The quantitative estimate of drug-likeness (QED) is 0.379. The number of nitriles is 4. The molecule has 6 nitrogen and oxygen atoms in total. The molecule has 0 spiro atoms. The van der Waals surface area contributed by atoms with Crippen LogP contribution in [0.1, 0.15) is 50.4 Å². The Morgan fingerprint density at radius 1 is 0.838 bits per heavy atom. The van der Waals surface area contributed by atoms with Crippen LogP contribution >= 0.6 is 0 Å². The van der Waals surface area contributed by atoms with Gasteiger partial charge in [0.05, 0.1) is 5.56 Å². The van der Waals surface area contributed by atoms with Gasteiger partial charge in [0, 0.05) is 10.4 Å². The monoisotopic (exact) mass is 486 g/mol. The number of nitrogens with zero attached hydrogens (tertiary/aromatic N) is 4. The first-order valence-electron chi connectivity index (χ1n) is 12.4. The van der Waals surface area contributed by atoms with E-state index in [9.17, 15) is 25.8 Å². The molecule has 0 bridgehead atoms. The van der Waals surface area contributed by atoms with Crippen LogP contribution in [0, 0.1) is 63.1 Å². The number of carbonyl (C=O) groups is 1. The van der Waals surface area contributed by atoms with Crippen molar-refractivity contribution in [2.45, 2.75) is 46.1 Å². The maximum Gasteiger partial charge on any atom is 0.338 e. The molecule has 4 rings (SSSR count). The van der Waals surface area contributed by atoms with Gasteiger partial charge in [0.1, 0.15) is 41.5 Å². The summed E-state index contributed by atoms with van der Waals surface area (Å²) in [7, 11) is 0. The average molecular weight is 487 g/mol. The summed E-state index contributed by atoms with van der Waals surface area (Å²) >= 11 is 0. The van der Waals surface area contributed by atoms with Crippen LogP contribution in [0.25, 0.3) is 32.7 Å². The maximum atomic E-state index is 13.4. The normalized spacial score (nSPS) is 18.9. The second kappa shape index (κ2) is 10.5. The van der Waals surface area contributed by atoms with E-state index in [1.807, 2.05) is 24.3 Å². The Morgan fingerprint density at radius 3 is 1.92 bits per heavy atom. The van der Waals surface area contributed by atoms with Crippen LogP contribution in [0.15, 0.2) is 42.5 Å². The number of rotatable bonds is 3. The molecule has 1 aliphatic carbocycles. The molecule has 0 aromatic heterocycles. The Morgan fingerprint density at radius 2 is 1.38 bits per heavy atom. The van der Waals surface area contributed by atoms with Crippen molar-refractivity contribution in [2.75, 3.05) is 0 Å². The highest BCUT2D eigenvalue weighted by Crippen LogP contribution is 2.35.